The van der Waals surface area contributed by atoms with E-state index >= 15 is 0 Å². The van der Waals surface area contributed by atoms with E-state index in [1.807, 2.05) is 19.9 Å². The number of nitro groups is 1. The first-order valence-electron chi connectivity index (χ1n) is 8.69. The largest absolute Gasteiger partial charge is 0.494 e. The monoisotopic (exact) mass is 386 g/mol. The number of anilines is 1. The molecular formula is C20H22N2O6. The lowest BCUT2D eigenvalue weighted by Crippen LogP contribution is -2.09. The molecule has 8 nitrogen and oxygen atoms in total. The summed E-state index contributed by atoms with van der Waals surface area (Å²) in [5.74, 6) is 1.04. The van der Waals surface area contributed by atoms with E-state index in [2.05, 4.69) is 5.32 Å². The SMILES string of the molecule is CCOc1ccc(C=CC(=O)Nc2ccc([N+](=O)[O-])cc2OC)cc1OCC. The second-order valence-corrected chi connectivity index (χ2v) is 5.54. The average Bonchev–Trinajstić information content (AvgIpc) is 2.68. The van der Waals surface area contributed by atoms with Gasteiger partial charge in [0.25, 0.3) is 5.69 Å². The number of amides is 1. The molecule has 2 aromatic rings. The predicted octanol–water partition coefficient (Wildman–Crippen LogP) is 4.05. The number of benzene rings is 2. The van der Waals surface area contributed by atoms with Gasteiger partial charge in [-0.25, -0.2) is 0 Å². The molecule has 0 heterocycles. The van der Waals surface area contributed by atoms with E-state index in [0.717, 1.165) is 5.56 Å². The number of carbonyl (C=O) groups excluding carboxylic acids is 1. The number of hydrogen-bond acceptors (Lipinski definition) is 6. The number of nitro benzene ring substituents is 1. The first-order valence-corrected chi connectivity index (χ1v) is 8.69. The van der Waals surface area contributed by atoms with E-state index < -0.39 is 10.8 Å². The Balaban J connectivity index is 2.13. The van der Waals surface area contributed by atoms with Crippen molar-refractivity contribution in [2.75, 3.05) is 25.6 Å². The minimum atomic E-state index is -0.532. The van der Waals surface area contributed by atoms with Crippen LogP contribution < -0.4 is 19.5 Å². The molecule has 2 rings (SSSR count). The van der Waals surface area contributed by atoms with Gasteiger partial charge in [-0.15, -0.1) is 0 Å². The number of ether oxygens (including phenoxy) is 3. The minimum absolute atomic E-state index is 0.122. The number of nitrogens with one attached hydrogen (secondary N) is 1. The summed E-state index contributed by atoms with van der Waals surface area (Å²) in [6.45, 7) is 4.78. The van der Waals surface area contributed by atoms with Crippen LogP contribution in [0.2, 0.25) is 0 Å². The van der Waals surface area contributed by atoms with E-state index in [-0.39, 0.29) is 11.4 Å². The average molecular weight is 386 g/mol. The Bertz CT molecular complexity index is 879. The number of hydrogen-bond donors (Lipinski definition) is 1. The molecule has 0 spiro atoms. The molecule has 0 saturated carbocycles. The van der Waals surface area contributed by atoms with Crippen LogP contribution in [0.3, 0.4) is 0 Å². The van der Waals surface area contributed by atoms with Crippen molar-refractivity contribution in [2.24, 2.45) is 0 Å². The molecule has 0 atom stereocenters. The van der Waals surface area contributed by atoms with Crippen LogP contribution in [0.5, 0.6) is 17.2 Å². The van der Waals surface area contributed by atoms with Gasteiger partial charge >= 0.3 is 0 Å². The Kier molecular flexibility index (Phi) is 7.38. The van der Waals surface area contributed by atoms with E-state index in [1.165, 1.54) is 31.4 Å². The summed E-state index contributed by atoms with van der Waals surface area (Å²) in [7, 11) is 1.37. The van der Waals surface area contributed by atoms with Crippen molar-refractivity contribution in [1.82, 2.24) is 0 Å². The van der Waals surface area contributed by atoms with Gasteiger partial charge in [0.1, 0.15) is 5.75 Å². The van der Waals surface area contributed by atoms with Crippen molar-refractivity contribution in [1.29, 1.82) is 0 Å². The van der Waals surface area contributed by atoms with E-state index in [0.29, 0.717) is 30.4 Å². The molecule has 0 aliphatic heterocycles. The van der Waals surface area contributed by atoms with Crippen molar-refractivity contribution < 1.29 is 23.9 Å². The van der Waals surface area contributed by atoms with Gasteiger partial charge in [-0.3, -0.25) is 14.9 Å². The first-order chi connectivity index (χ1) is 13.5. The standard InChI is InChI=1S/C20H22N2O6/c1-4-27-17-10-6-14(12-19(17)28-5-2)7-11-20(23)21-16-9-8-15(22(24)25)13-18(16)26-3/h6-13H,4-5H2,1-3H3,(H,21,23). The van der Waals surface area contributed by atoms with Crippen LogP contribution in [-0.4, -0.2) is 31.2 Å². The van der Waals surface area contributed by atoms with Crippen molar-refractivity contribution in [3.05, 3.63) is 58.2 Å². The molecule has 0 aliphatic rings. The molecule has 0 aliphatic carbocycles. The molecule has 0 fully saturated rings. The van der Waals surface area contributed by atoms with Gasteiger partial charge in [-0.2, -0.15) is 0 Å². The molecule has 2 aromatic carbocycles. The topological polar surface area (TPSA) is 99.9 Å². The zero-order chi connectivity index (χ0) is 20.5. The van der Waals surface area contributed by atoms with Crippen LogP contribution in [0.4, 0.5) is 11.4 Å². The van der Waals surface area contributed by atoms with Gasteiger partial charge in [0.2, 0.25) is 5.91 Å². The van der Waals surface area contributed by atoms with Gasteiger partial charge in [0.05, 0.1) is 37.0 Å². The Labute approximate surface area is 162 Å². The molecule has 0 bridgehead atoms. The third-order valence-corrected chi connectivity index (χ3v) is 3.65. The highest BCUT2D eigenvalue weighted by Gasteiger charge is 2.12. The maximum Gasteiger partial charge on any atom is 0.273 e. The van der Waals surface area contributed by atoms with Crippen molar-refractivity contribution >= 4 is 23.4 Å². The van der Waals surface area contributed by atoms with E-state index in [4.69, 9.17) is 14.2 Å². The van der Waals surface area contributed by atoms with Crippen LogP contribution in [0.15, 0.2) is 42.5 Å². The Morgan fingerprint density at radius 3 is 2.43 bits per heavy atom. The lowest BCUT2D eigenvalue weighted by molar-refractivity contribution is -0.384. The molecule has 0 radical (unpaired) electrons. The highest BCUT2D eigenvalue weighted by molar-refractivity contribution is 6.02. The van der Waals surface area contributed by atoms with Gasteiger partial charge in [0.15, 0.2) is 11.5 Å². The summed E-state index contributed by atoms with van der Waals surface area (Å²) in [6.07, 6.45) is 2.98. The van der Waals surface area contributed by atoms with Crippen molar-refractivity contribution in [3.8, 4) is 17.2 Å². The molecule has 1 amide bonds. The number of nitrogens with zero attached hydrogens (tertiary/aromatic N) is 1. The van der Waals surface area contributed by atoms with Gasteiger partial charge in [0, 0.05) is 12.1 Å². The van der Waals surface area contributed by atoms with Gasteiger partial charge in [-0.05, 0) is 43.7 Å². The second kappa shape index (κ2) is 9.96. The summed E-state index contributed by atoms with van der Waals surface area (Å²) >= 11 is 0. The smallest absolute Gasteiger partial charge is 0.273 e. The maximum atomic E-state index is 12.2. The maximum absolute atomic E-state index is 12.2. The summed E-state index contributed by atoms with van der Waals surface area (Å²) in [4.78, 5) is 22.5. The minimum Gasteiger partial charge on any atom is -0.494 e. The number of methoxy groups -OCH3 is 1. The molecular weight excluding hydrogens is 364 g/mol. The Hall–Kier alpha value is -3.55. The van der Waals surface area contributed by atoms with Gasteiger partial charge in [-0.1, -0.05) is 6.07 Å². The highest BCUT2D eigenvalue weighted by Crippen LogP contribution is 2.30. The van der Waals surface area contributed by atoms with Crippen LogP contribution in [0.25, 0.3) is 6.08 Å². The molecule has 28 heavy (non-hydrogen) atoms. The molecule has 0 unspecified atom stereocenters. The summed E-state index contributed by atoms with van der Waals surface area (Å²) in [5.41, 5.74) is 0.977. The van der Waals surface area contributed by atoms with E-state index in [1.54, 1.807) is 18.2 Å². The first kappa shape index (κ1) is 20.8. The molecule has 0 aromatic heterocycles. The quantitative estimate of drug-likeness (QED) is 0.396. The fourth-order valence-electron chi connectivity index (χ4n) is 2.41. The second-order valence-electron chi connectivity index (χ2n) is 5.54. The third-order valence-electron chi connectivity index (χ3n) is 3.65. The summed E-state index contributed by atoms with van der Waals surface area (Å²) in [6, 6.07) is 9.34. The van der Waals surface area contributed by atoms with Crippen molar-refractivity contribution in [3.63, 3.8) is 0 Å². The fourth-order valence-corrected chi connectivity index (χ4v) is 2.41. The molecule has 8 heteroatoms. The van der Waals surface area contributed by atoms with Crippen LogP contribution in [-0.2, 0) is 4.79 Å². The number of rotatable bonds is 9. The Morgan fingerprint density at radius 2 is 1.79 bits per heavy atom. The van der Waals surface area contributed by atoms with Crippen LogP contribution >= 0.6 is 0 Å². The third kappa shape index (κ3) is 5.47. The zero-order valence-electron chi connectivity index (χ0n) is 15.9. The lowest BCUT2D eigenvalue weighted by atomic mass is 10.2. The Morgan fingerprint density at radius 1 is 1.07 bits per heavy atom. The lowest BCUT2D eigenvalue weighted by Gasteiger charge is -2.11. The highest BCUT2D eigenvalue weighted by atomic mass is 16.6. The van der Waals surface area contributed by atoms with Crippen LogP contribution in [0, 0.1) is 10.1 Å². The molecule has 1 N–H and O–H groups in total. The summed E-state index contributed by atoms with van der Waals surface area (Å²) < 4.78 is 16.2. The molecule has 148 valence electrons. The van der Waals surface area contributed by atoms with Crippen molar-refractivity contribution in [2.45, 2.75) is 13.8 Å². The number of non-ortho nitro benzene ring substituents is 1. The van der Waals surface area contributed by atoms with Gasteiger partial charge < -0.3 is 19.5 Å². The fraction of sp³-hybridized carbons (Fsp3) is 0.250. The predicted molar refractivity (Wildman–Crippen MR) is 106 cm³/mol. The molecule has 0 saturated heterocycles. The normalized spacial score (nSPS) is 10.5. The summed E-state index contributed by atoms with van der Waals surface area (Å²) in [5, 5.41) is 13.5. The van der Waals surface area contributed by atoms with Crippen LogP contribution in [0.1, 0.15) is 19.4 Å². The number of carbonyl (C=O) groups is 1. The zero-order valence-corrected chi connectivity index (χ0v) is 15.9. The van der Waals surface area contributed by atoms with E-state index in [9.17, 15) is 14.9 Å².